The van der Waals surface area contributed by atoms with Crippen molar-refractivity contribution < 1.29 is 4.74 Å². The average molecular weight is 337 g/mol. The average Bonchev–Trinajstić information content (AvgIpc) is 3.11. The van der Waals surface area contributed by atoms with Gasteiger partial charge < -0.3 is 15.0 Å². The third-order valence-electron chi connectivity index (χ3n) is 4.65. The number of morpholine rings is 1. The fourth-order valence-electron chi connectivity index (χ4n) is 3.16. The van der Waals surface area contributed by atoms with E-state index in [-0.39, 0.29) is 6.04 Å². The Morgan fingerprint density at radius 1 is 1.08 bits per heavy atom. The minimum Gasteiger partial charge on any atom is -0.378 e. The van der Waals surface area contributed by atoms with E-state index in [9.17, 15) is 0 Å². The highest BCUT2D eigenvalue weighted by atomic mass is 16.5. The Balaban J connectivity index is 1.39. The van der Waals surface area contributed by atoms with E-state index >= 15 is 0 Å². The first-order chi connectivity index (χ1) is 12.3. The second-order valence-corrected chi connectivity index (χ2v) is 6.36. The zero-order valence-electron chi connectivity index (χ0n) is 14.4. The predicted molar refractivity (Wildman–Crippen MR) is 97.7 cm³/mol. The number of aromatic nitrogens is 3. The molecule has 1 N–H and O–H groups in total. The van der Waals surface area contributed by atoms with Gasteiger partial charge in [-0.15, -0.1) is 10.2 Å². The first kappa shape index (κ1) is 16.1. The molecule has 6 heteroatoms. The van der Waals surface area contributed by atoms with Crippen molar-refractivity contribution in [2.45, 2.75) is 19.5 Å². The summed E-state index contributed by atoms with van der Waals surface area (Å²) in [5.74, 6) is 0.931. The van der Waals surface area contributed by atoms with Crippen molar-refractivity contribution in [3.05, 3.63) is 60.0 Å². The van der Waals surface area contributed by atoms with Gasteiger partial charge in [-0.1, -0.05) is 18.2 Å². The zero-order chi connectivity index (χ0) is 17.1. The molecule has 0 spiro atoms. The lowest BCUT2D eigenvalue weighted by atomic mass is 10.1. The third kappa shape index (κ3) is 3.50. The van der Waals surface area contributed by atoms with E-state index in [1.54, 1.807) is 0 Å². The monoisotopic (exact) mass is 337 g/mol. The fraction of sp³-hybridized carbons (Fsp3) is 0.368. The number of hydrogen-bond donors (Lipinski definition) is 1. The van der Waals surface area contributed by atoms with Crippen LogP contribution in [0.3, 0.4) is 0 Å². The molecule has 1 aromatic carbocycles. The second kappa shape index (κ2) is 7.21. The number of ether oxygens (including phenoxy) is 1. The summed E-state index contributed by atoms with van der Waals surface area (Å²) in [6.07, 6.45) is 2.00. The third-order valence-corrected chi connectivity index (χ3v) is 4.65. The molecular weight excluding hydrogens is 314 g/mol. The van der Waals surface area contributed by atoms with Crippen molar-refractivity contribution >= 4 is 11.3 Å². The van der Waals surface area contributed by atoms with Gasteiger partial charge in [-0.2, -0.15) is 0 Å². The van der Waals surface area contributed by atoms with E-state index in [2.05, 4.69) is 51.6 Å². The molecule has 0 saturated carbocycles. The van der Waals surface area contributed by atoms with Gasteiger partial charge in [-0.25, -0.2) is 0 Å². The Morgan fingerprint density at radius 3 is 2.68 bits per heavy atom. The topological polar surface area (TPSA) is 54.7 Å². The Morgan fingerprint density at radius 2 is 1.88 bits per heavy atom. The lowest BCUT2D eigenvalue weighted by Crippen LogP contribution is -2.36. The number of rotatable bonds is 5. The normalized spacial score (nSPS) is 16.3. The van der Waals surface area contributed by atoms with Gasteiger partial charge in [0.2, 0.25) is 0 Å². The number of nitrogens with one attached hydrogen (secondary N) is 1. The first-order valence-corrected chi connectivity index (χ1v) is 8.76. The van der Waals surface area contributed by atoms with Gasteiger partial charge in [0.25, 0.3) is 0 Å². The molecule has 3 heterocycles. The van der Waals surface area contributed by atoms with Crippen LogP contribution in [-0.4, -0.2) is 40.9 Å². The summed E-state index contributed by atoms with van der Waals surface area (Å²) in [5.41, 5.74) is 3.40. The molecule has 3 aromatic rings. The van der Waals surface area contributed by atoms with Crippen molar-refractivity contribution in [2.24, 2.45) is 0 Å². The first-order valence-electron chi connectivity index (χ1n) is 8.76. The van der Waals surface area contributed by atoms with Crippen LogP contribution in [0.4, 0.5) is 5.69 Å². The van der Waals surface area contributed by atoms with Crippen molar-refractivity contribution in [3.8, 4) is 0 Å². The number of anilines is 1. The van der Waals surface area contributed by atoms with Crippen molar-refractivity contribution in [1.29, 1.82) is 0 Å². The van der Waals surface area contributed by atoms with Crippen LogP contribution in [0.15, 0.2) is 48.7 Å². The molecule has 1 aliphatic heterocycles. The summed E-state index contributed by atoms with van der Waals surface area (Å²) in [4.78, 5) is 2.37. The largest absolute Gasteiger partial charge is 0.378 e. The molecule has 0 unspecified atom stereocenters. The summed E-state index contributed by atoms with van der Waals surface area (Å²) in [6, 6.07) is 14.8. The van der Waals surface area contributed by atoms with E-state index in [0.29, 0.717) is 0 Å². The predicted octanol–water partition coefficient (Wildman–Crippen LogP) is 2.42. The molecule has 1 aliphatic rings. The molecule has 130 valence electrons. The summed E-state index contributed by atoms with van der Waals surface area (Å²) in [7, 11) is 0. The van der Waals surface area contributed by atoms with Crippen LogP contribution in [0.1, 0.15) is 24.4 Å². The van der Waals surface area contributed by atoms with Crippen LogP contribution in [0, 0.1) is 0 Å². The van der Waals surface area contributed by atoms with Crippen LogP contribution in [0.25, 0.3) is 5.65 Å². The highest BCUT2D eigenvalue weighted by Gasteiger charge is 2.13. The summed E-state index contributed by atoms with van der Waals surface area (Å²) < 4.78 is 7.44. The molecule has 0 aliphatic carbocycles. The minimum absolute atomic E-state index is 0.122. The Labute approximate surface area is 147 Å². The Bertz CT molecular complexity index is 823. The molecule has 1 atom stereocenters. The molecule has 0 bridgehead atoms. The molecule has 1 fully saturated rings. The van der Waals surface area contributed by atoms with Crippen molar-refractivity contribution in [2.75, 3.05) is 31.2 Å². The van der Waals surface area contributed by atoms with Crippen LogP contribution in [0.2, 0.25) is 0 Å². The summed E-state index contributed by atoms with van der Waals surface area (Å²) >= 11 is 0. The smallest absolute Gasteiger partial charge is 0.160 e. The zero-order valence-corrected chi connectivity index (χ0v) is 14.4. The maximum Gasteiger partial charge on any atom is 0.160 e. The molecular formula is C19H23N5O. The standard InChI is InChI=1S/C19H23N5O/c1-15(19-22-21-18-4-2-3-9-24(18)19)20-14-16-5-7-17(8-6-16)23-10-12-25-13-11-23/h2-9,15,20H,10-14H2,1H3/t15-/m0/s1. The SMILES string of the molecule is C[C@H](NCc1ccc(N2CCOCC2)cc1)c1nnc2ccccn12. The number of pyridine rings is 1. The van der Waals surface area contributed by atoms with Gasteiger partial charge in [-0.3, -0.25) is 4.40 Å². The Hall–Kier alpha value is -2.44. The van der Waals surface area contributed by atoms with Gasteiger partial charge in [0, 0.05) is 31.5 Å². The van der Waals surface area contributed by atoms with Gasteiger partial charge in [0.05, 0.1) is 19.3 Å². The van der Waals surface area contributed by atoms with Crippen LogP contribution in [0.5, 0.6) is 0 Å². The molecule has 1 saturated heterocycles. The van der Waals surface area contributed by atoms with Gasteiger partial charge in [0.15, 0.2) is 11.5 Å². The molecule has 6 nitrogen and oxygen atoms in total. The van der Waals surface area contributed by atoms with Crippen molar-refractivity contribution in [1.82, 2.24) is 19.9 Å². The highest BCUT2D eigenvalue weighted by molar-refractivity contribution is 5.48. The minimum atomic E-state index is 0.122. The van der Waals surface area contributed by atoms with Gasteiger partial charge in [-0.05, 0) is 36.8 Å². The van der Waals surface area contributed by atoms with Crippen LogP contribution < -0.4 is 10.2 Å². The molecule has 4 rings (SSSR count). The van der Waals surface area contributed by atoms with Gasteiger partial charge in [0.1, 0.15) is 0 Å². The van der Waals surface area contributed by atoms with E-state index in [0.717, 1.165) is 44.3 Å². The molecule has 0 amide bonds. The fourth-order valence-corrected chi connectivity index (χ4v) is 3.16. The number of nitrogens with zero attached hydrogens (tertiary/aromatic N) is 4. The van der Waals surface area contributed by atoms with Gasteiger partial charge >= 0.3 is 0 Å². The Kier molecular flexibility index (Phi) is 4.63. The second-order valence-electron chi connectivity index (χ2n) is 6.36. The number of hydrogen-bond acceptors (Lipinski definition) is 5. The highest BCUT2D eigenvalue weighted by Crippen LogP contribution is 2.18. The molecule has 0 radical (unpaired) electrons. The van der Waals surface area contributed by atoms with E-state index < -0.39 is 0 Å². The maximum atomic E-state index is 5.41. The van der Waals surface area contributed by atoms with E-state index in [1.807, 2.05) is 28.8 Å². The molecule has 2 aromatic heterocycles. The van der Waals surface area contributed by atoms with Crippen LogP contribution in [-0.2, 0) is 11.3 Å². The summed E-state index contributed by atoms with van der Waals surface area (Å²) in [5, 5.41) is 12.1. The van der Waals surface area contributed by atoms with E-state index in [1.165, 1.54) is 11.3 Å². The lowest BCUT2D eigenvalue weighted by molar-refractivity contribution is 0.122. The summed E-state index contributed by atoms with van der Waals surface area (Å²) in [6.45, 7) is 6.47. The van der Waals surface area contributed by atoms with E-state index in [4.69, 9.17) is 4.74 Å². The number of benzene rings is 1. The number of fused-ring (bicyclic) bond motifs is 1. The quantitative estimate of drug-likeness (QED) is 0.775. The maximum absolute atomic E-state index is 5.41. The van der Waals surface area contributed by atoms with Crippen molar-refractivity contribution in [3.63, 3.8) is 0 Å². The molecule has 25 heavy (non-hydrogen) atoms. The lowest BCUT2D eigenvalue weighted by Gasteiger charge is -2.29. The van der Waals surface area contributed by atoms with Crippen LogP contribution >= 0.6 is 0 Å².